The summed E-state index contributed by atoms with van der Waals surface area (Å²) in [5.74, 6) is 4.58. The van der Waals surface area contributed by atoms with Crippen LogP contribution in [0.25, 0.3) is 0 Å². The summed E-state index contributed by atoms with van der Waals surface area (Å²) in [5, 5.41) is 3.43. The average Bonchev–Trinajstić information content (AvgIpc) is 3.29. The molecule has 1 saturated carbocycles. The van der Waals surface area contributed by atoms with Crippen molar-refractivity contribution >= 4 is 11.6 Å². The molecule has 2 fully saturated rings. The molecule has 2 heterocycles. The molecule has 0 radical (unpaired) electrons. The summed E-state index contributed by atoms with van der Waals surface area (Å²) in [4.78, 5) is 12.0. The number of nitrogens with one attached hydrogen (secondary N) is 1. The Morgan fingerprint density at radius 2 is 2.15 bits per heavy atom. The lowest BCUT2D eigenvalue weighted by atomic mass is 10.0. The van der Waals surface area contributed by atoms with E-state index < -0.39 is 0 Å². The molecule has 1 aromatic heterocycles. The topological polar surface area (TPSA) is 41.0 Å². The summed E-state index contributed by atoms with van der Waals surface area (Å²) in [6.07, 6.45) is 6.26. The summed E-state index contributed by atoms with van der Waals surface area (Å²) in [6.45, 7) is 7.78. The van der Waals surface area contributed by atoms with Gasteiger partial charge in [0.2, 0.25) is 0 Å². The van der Waals surface area contributed by atoms with Crippen molar-refractivity contribution < 1.29 is 0 Å². The molecular formula is C16H26N4. The van der Waals surface area contributed by atoms with Gasteiger partial charge in [-0.1, -0.05) is 13.8 Å². The van der Waals surface area contributed by atoms with E-state index in [9.17, 15) is 0 Å². The van der Waals surface area contributed by atoms with Gasteiger partial charge in [-0.15, -0.1) is 0 Å². The summed E-state index contributed by atoms with van der Waals surface area (Å²) in [5.41, 5.74) is 0. The lowest BCUT2D eigenvalue weighted by molar-refractivity contribution is 0.444. The number of piperidine rings is 1. The van der Waals surface area contributed by atoms with Crippen LogP contribution in [0.3, 0.4) is 0 Å². The third-order valence-corrected chi connectivity index (χ3v) is 4.21. The fourth-order valence-electron chi connectivity index (χ4n) is 2.88. The number of nitrogens with zero attached hydrogens (tertiary/aromatic N) is 3. The van der Waals surface area contributed by atoms with Gasteiger partial charge < -0.3 is 10.2 Å². The van der Waals surface area contributed by atoms with Crippen molar-refractivity contribution in [3.8, 4) is 0 Å². The second kappa shape index (κ2) is 5.98. The third kappa shape index (κ3) is 3.22. The third-order valence-electron chi connectivity index (χ3n) is 4.21. The Kier molecular flexibility index (Phi) is 4.08. The Hall–Kier alpha value is -1.32. The summed E-state index contributed by atoms with van der Waals surface area (Å²) < 4.78 is 0. The smallest absolute Gasteiger partial charge is 0.136 e. The molecule has 0 aromatic carbocycles. The van der Waals surface area contributed by atoms with Gasteiger partial charge in [0.25, 0.3) is 0 Å². The second-order valence-corrected chi connectivity index (χ2v) is 6.36. The molecule has 4 nitrogen and oxygen atoms in total. The molecule has 3 rings (SSSR count). The fourth-order valence-corrected chi connectivity index (χ4v) is 2.88. The van der Waals surface area contributed by atoms with E-state index >= 15 is 0 Å². The summed E-state index contributed by atoms with van der Waals surface area (Å²) in [7, 11) is 0. The Bertz CT molecular complexity index is 456. The largest absolute Gasteiger partial charge is 0.370 e. The second-order valence-electron chi connectivity index (χ2n) is 6.36. The molecule has 2 aliphatic rings. The number of aromatic nitrogens is 2. The first-order valence-corrected chi connectivity index (χ1v) is 8.14. The van der Waals surface area contributed by atoms with Crippen LogP contribution in [0.1, 0.15) is 57.7 Å². The Morgan fingerprint density at radius 1 is 1.30 bits per heavy atom. The number of rotatable bonds is 5. The fraction of sp³-hybridized carbons (Fsp3) is 0.750. The first-order valence-electron chi connectivity index (χ1n) is 8.14. The highest BCUT2D eigenvalue weighted by Gasteiger charge is 2.28. The van der Waals surface area contributed by atoms with Gasteiger partial charge in [0.15, 0.2) is 0 Å². The molecule has 4 heteroatoms. The predicted octanol–water partition coefficient (Wildman–Crippen LogP) is 3.41. The summed E-state index contributed by atoms with van der Waals surface area (Å²) in [6, 6.07) is 2.14. The van der Waals surface area contributed by atoms with Crippen molar-refractivity contribution in [1.29, 1.82) is 0 Å². The Morgan fingerprint density at radius 3 is 2.85 bits per heavy atom. The molecule has 110 valence electrons. The van der Waals surface area contributed by atoms with Crippen LogP contribution in [0, 0.1) is 5.92 Å². The maximum Gasteiger partial charge on any atom is 0.136 e. The van der Waals surface area contributed by atoms with Crippen LogP contribution in [0.15, 0.2) is 6.07 Å². The van der Waals surface area contributed by atoms with E-state index in [2.05, 4.69) is 30.1 Å². The molecule has 20 heavy (non-hydrogen) atoms. The normalized spacial score (nSPS) is 22.9. The molecule has 1 aliphatic carbocycles. The van der Waals surface area contributed by atoms with Crippen LogP contribution in [-0.4, -0.2) is 29.6 Å². The Labute approximate surface area is 122 Å². The average molecular weight is 274 g/mol. The lowest BCUT2D eigenvalue weighted by Gasteiger charge is -2.32. The van der Waals surface area contributed by atoms with Gasteiger partial charge in [0.05, 0.1) is 0 Å². The minimum absolute atomic E-state index is 0.611. The number of anilines is 2. The molecule has 1 unspecified atom stereocenters. The monoisotopic (exact) mass is 274 g/mol. The number of hydrogen-bond acceptors (Lipinski definition) is 4. The zero-order chi connectivity index (χ0) is 13.9. The zero-order valence-electron chi connectivity index (χ0n) is 12.7. The van der Waals surface area contributed by atoms with Crippen LogP contribution < -0.4 is 10.2 Å². The van der Waals surface area contributed by atoms with Crippen molar-refractivity contribution in [2.24, 2.45) is 5.92 Å². The zero-order valence-corrected chi connectivity index (χ0v) is 12.7. The van der Waals surface area contributed by atoms with E-state index in [1.54, 1.807) is 0 Å². The maximum absolute atomic E-state index is 4.84. The highest BCUT2D eigenvalue weighted by Crippen LogP contribution is 2.39. The van der Waals surface area contributed by atoms with Gasteiger partial charge in [0.1, 0.15) is 17.5 Å². The minimum atomic E-state index is 0.611. The van der Waals surface area contributed by atoms with E-state index in [0.29, 0.717) is 5.92 Å². The molecule has 1 saturated heterocycles. The van der Waals surface area contributed by atoms with Crippen LogP contribution in [0.4, 0.5) is 11.6 Å². The standard InChI is InChI=1S/C16H26N4/c1-3-8-17-14-10-15(19-16(18-14)13-6-7-13)20-9-4-5-12(2)11-20/h10,12-13H,3-9,11H2,1-2H3,(H,17,18,19). The highest BCUT2D eigenvalue weighted by molar-refractivity contribution is 5.50. The van der Waals surface area contributed by atoms with E-state index in [0.717, 1.165) is 49.4 Å². The van der Waals surface area contributed by atoms with Crippen molar-refractivity contribution in [1.82, 2.24) is 9.97 Å². The first kappa shape index (κ1) is 13.7. The minimum Gasteiger partial charge on any atom is -0.370 e. The van der Waals surface area contributed by atoms with E-state index in [-0.39, 0.29) is 0 Å². The van der Waals surface area contributed by atoms with Crippen molar-refractivity contribution in [3.05, 3.63) is 11.9 Å². The van der Waals surface area contributed by atoms with E-state index in [1.165, 1.54) is 25.7 Å². The van der Waals surface area contributed by atoms with Crippen LogP contribution in [0.2, 0.25) is 0 Å². The molecule has 1 aromatic rings. The van der Waals surface area contributed by atoms with Crippen molar-refractivity contribution in [2.75, 3.05) is 29.9 Å². The molecule has 0 spiro atoms. The van der Waals surface area contributed by atoms with Crippen molar-refractivity contribution in [2.45, 2.75) is 51.9 Å². The number of hydrogen-bond donors (Lipinski definition) is 1. The summed E-state index contributed by atoms with van der Waals surface area (Å²) >= 11 is 0. The van der Waals surface area contributed by atoms with Crippen molar-refractivity contribution in [3.63, 3.8) is 0 Å². The van der Waals surface area contributed by atoms with E-state index in [1.807, 2.05) is 0 Å². The van der Waals surface area contributed by atoms with Gasteiger partial charge in [-0.2, -0.15) is 0 Å². The van der Waals surface area contributed by atoms with Gasteiger partial charge in [0, 0.05) is 31.6 Å². The van der Waals surface area contributed by atoms with E-state index in [4.69, 9.17) is 9.97 Å². The molecule has 0 bridgehead atoms. The quantitative estimate of drug-likeness (QED) is 0.893. The highest BCUT2D eigenvalue weighted by atomic mass is 15.2. The van der Waals surface area contributed by atoms with Crippen LogP contribution in [-0.2, 0) is 0 Å². The molecule has 0 amide bonds. The maximum atomic E-state index is 4.84. The lowest BCUT2D eigenvalue weighted by Crippen LogP contribution is -2.35. The molecule has 1 aliphatic heterocycles. The van der Waals surface area contributed by atoms with Gasteiger partial charge in [-0.3, -0.25) is 0 Å². The predicted molar refractivity (Wildman–Crippen MR) is 83.4 cm³/mol. The first-order chi connectivity index (χ1) is 9.76. The van der Waals surface area contributed by atoms with Crippen LogP contribution in [0.5, 0.6) is 0 Å². The van der Waals surface area contributed by atoms with Gasteiger partial charge in [-0.25, -0.2) is 9.97 Å². The van der Waals surface area contributed by atoms with Gasteiger partial charge in [-0.05, 0) is 38.0 Å². The molecule has 1 N–H and O–H groups in total. The molecular weight excluding hydrogens is 248 g/mol. The Balaban J connectivity index is 1.82. The van der Waals surface area contributed by atoms with Crippen LogP contribution >= 0.6 is 0 Å². The molecule has 1 atom stereocenters. The van der Waals surface area contributed by atoms with Gasteiger partial charge >= 0.3 is 0 Å². The SMILES string of the molecule is CCCNc1cc(N2CCCC(C)C2)nc(C2CC2)n1.